The monoisotopic (exact) mass is 489 g/mol. The van der Waals surface area contributed by atoms with Gasteiger partial charge in [0.05, 0.1) is 31.9 Å². The zero-order valence-corrected chi connectivity index (χ0v) is 20.5. The summed E-state index contributed by atoms with van der Waals surface area (Å²) in [6, 6.07) is 12.2. The van der Waals surface area contributed by atoms with E-state index in [4.69, 9.17) is 14.4 Å². The lowest BCUT2D eigenvalue weighted by Crippen LogP contribution is -2.52. The molecule has 1 saturated heterocycles. The minimum Gasteiger partial charge on any atom is -0.495 e. The molecular weight excluding hydrogens is 461 g/mol. The van der Waals surface area contributed by atoms with E-state index in [0.717, 1.165) is 41.1 Å². The van der Waals surface area contributed by atoms with Crippen LogP contribution >= 0.6 is 0 Å². The Morgan fingerprint density at radius 1 is 1.22 bits per heavy atom. The lowest BCUT2D eigenvalue weighted by atomic mass is 9.93. The number of hydroxylamine groups is 1. The number of halogens is 1. The number of nitrogens with one attached hydrogen (secondary N) is 1. The van der Waals surface area contributed by atoms with E-state index < -0.39 is 5.72 Å². The Bertz CT molecular complexity index is 1350. The van der Waals surface area contributed by atoms with Crippen LogP contribution in [0.25, 0.3) is 11.8 Å². The molecule has 3 heterocycles. The second-order valence-electron chi connectivity index (χ2n) is 8.72. The molecule has 0 bridgehead atoms. The van der Waals surface area contributed by atoms with E-state index in [9.17, 15) is 4.39 Å². The summed E-state index contributed by atoms with van der Waals surface area (Å²) in [6.07, 6.45) is 7.52. The first-order chi connectivity index (χ1) is 17.5. The summed E-state index contributed by atoms with van der Waals surface area (Å²) in [4.78, 5) is 17.6. The molecule has 1 fully saturated rings. The van der Waals surface area contributed by atoms with Crippen molar-refractivity contribution in [2.45, 2.75) is 25.5 Å². The van der Waals surface area contributed by atoms with Crippen molar-refractivity contribution in [1.29, 1.82) is 0 Å². The molecule has 1 aromatic heterocycles. The van der Waals surface area contributed by atoms with Gasteiger partial charge in [-0.3, -0.25) is 10.3 Å². The molecular formula is C27H28FN5O3. The van der Waals surface area contributed by atoms with Crippen LogP contribution in [0.15, 0.2) is 78.0 Å². The van der Waals surface area contributed by atoms with Crippen LogP contribution in [0, 0.1) is 12.7 Å². The van der Waals surface area contributed by atoms with Crippen molar-refractivity contribution < 1.29 is 18.8 Å². The number of aromatic nitrogens is 2. The van der Waals surface area contributed by atoms with Crippen LogP contribution in [0.1, 0.15) is 29.7 Å². The molecule has 0 amide bonds. The molecule has 2 aliphatic heterocycles. The zero-order chi connectivity index (χ0) is 25.3. The average molecular weight is 490 g/mol. The smallest absolute Gasteiger partial charge is 0.279 e. The van der Waals surface area contributed by atoms with Crippen LogP contribution in [0.3, 0.4) is 0 Å². The number of fused-ring (bicyclic) bond motifs is 1. The largest absolute Gasteiger partial charge is 0.495 e. The van der Waals surface area contributed by atoms with E-state index >= 15 is 0 Å². The number of hydrogen-bond donors (Lipinski definition) is 1. The van der Waals surface area contributed by atoms with E-state index in [1.165, 1.54) is 19.2 Å². The van der Waals surface area contributed by atoms with Gasteiger partial charge in [-0.05, 0) is 73.4 Å². The molecule has 8 nitrogen and oxygen atoms in total. The van der Waals surface area contributed by atoms with Crippen molar-refractivity contribution in [2.75, 3.05) is 20.8 Å². The first-order valence-electron chi connectivity index (χ1n) is 11.6. The molecule has 2 aromatic carbocycles. The minimum atomic E-state index is -1.17. The Kier molecular flexibility index (Phi) is 6.24. The molecule has 0 radical (unpaired) electrons. The van der Waals surface area contributed by atoms with Crippen molar-refractivity contribution in [1.82, 2.24) is 19.9 Å². The van der Waals surface area contributed by atoms with Crippen LogP contribution in [0.4, 0.5) is 4.39 Å². The van der Waals surface area contributed by atoms with Crippen LogP contribution in [0.2, 0.25) is 0 Å². The number of nitrogens with zero attached hydrogens (tertiary/aromatic N) is 4. The third kappa shape index (κ3) is 4.01. The lowest BCUT2D eigenvalue weighted by Gasteiger charge is -2.40. The summed E-state index contributed by atoms with van der Waals surface area (Å²) < 4.78 is 21.3. The molecule has 5 rings (SSSR count). The van der Waals surface area contributed by atoms with Gasteiger partial charge in [-0.25, -0.2) is 9.37 Å². The molecule has 0 saturated carbocycles. The summed E-state index contributed by atoms with van der Waals surface area (Å²) in [6.45, 7) is 6.78. The number of aryl methyl sites for hydroxylation is 1. The molecule has 3 aromatic rings. The molecule has 1 N–H and O–H groups in total. The highest BCUT2D eigenvalue weighted by atomic mass is 19.1. The number of piperidine rings is 1. The molecule has 186 valence electrons. The fourth-order valence-corrected chi connectivity index (χ4v) is 4.75. The van der Waals surface area contributed by atoms with Crippen molar-refractivity contribution in [3.05, 3.63) is 95.5 Å². The predicted molar refractivity (Wildman–Crippen MR) is 135 cm³/mol. The van der Waals surface area contributed by atoms with Gasteiger partial charge in [0.25, 0.3) is 5.72 Å². The van der Waals surface area contributed by atoms with Gasteiger partial charge >= 0.3 is 0 Å². The Hall–Kier alpha value is -4.11. The number of oxime groups is 1. The number of amidine groups is 1. The highest BCUT2D eigenvalue weighted by Gasteiger charge is 2.52. The second kappa shape index (κ2) is 9.50. The highest BCUT2D eigenvalue weighted by molar-refractivity contribution is 6.03. The van der Waals surface area contributed by atoms with Crippen molar-refractivity contribution in [3.63, 3.8) is 0 Å². The summed E-state index contributed by atoms with van der Waals surface area (Å²) in [5, 5.41) is 4.48. The highest BCUT2D eigenvalue weighted by Crippen LogP contribution is 2.44. The third-order valence-corrected chi connectivity index (χ3v) is 6.42. The maximum absolute atomic E-state index is 13.7. The van der Waals surface area contributed by atoms with Crippen LogP contribution in [-0.4, -0.2) is 41.1 Å². The topological polar surface area (TPSA) is 73.1 Å². The SMILES string of the molecule is C=C(NOC)[C@]1(c2ccc(F)cc2)ON=C2C(=Cc3ccc(-n4cnc(C)c4)c(OC)c3)CCCN21. The van der Waals surface area contributed by atoms with Gasteiger partial charge in [0.2, 0.25) is 0 Å². The van der Waals surface area contributed by atoms with Crippen molar-refractivity contribution >= 4 is 11.9 Å². The Morgan fingerprint density at radius 2 is 2.03 bits per heavy atom. The average Bonchev–Trinajstić information content (AvgIpc) is 3.50. The Labute approximate surface area is 209 Å². The fourth-order valence-electron chi connectivity index (χ4n) is 4.75. The molecule has 0 unspecified atom stereocenters. The fraction of sp³-hybridized carbons (Fsp3) is 0.259. The molecule has 0 aliphatic carbocycles. The molecule has 9 heteroatoms. The number of hydrogen-bond acceptors (Lipinski definition) is 7. The van der Waals surface area contributed by atoms with E-state index in [2.05, 4.69) is 28.3 Å². The lowest BCUT2D eigenvalue weighted by molar-refractivity contribution is -0.0942. The van der Waals surface area contributed by atoms with Crippen molar-refractivity contribution in [2.24, 2.45) is 5.16 Å². The van der Waals surface area contributed by atoms with Gasteiger partial charge in [-0.1, -0.05) is 17.8 Å². The second-order valence-corrected chi connectivity index (χ2v) is 8.72. The normalized spacial score (nSPS) is 20.1. The quantitative estimate of drug-likeness (QED) is 0.487. The molecule has 2 aliphatic rings. The molecule has 1 atom stereocenters. The minimum absolute atomic E-state index is 0.333. The number of rotatable bonds is 7. The standard InChI is InChI=1S/C27H28FN5O3/c1-18-16-32(17-29-18)24-12-7-20(15-25(24)34-3)14-21-6-5-13-33-26(21)31-36-27(33,19(2)30-35-4)22-8-10-23(28)11-9-22/h7-12,14-17,30H,2,5-6,13H2,1,3-4H3/t27-/m1/s1. The first-order valence-corrected chi connectivity index (χ1v) is 11.6. The molecule has 0 spiro atoms. The van der Waals surface area contributed by atoms with Gasteiger partial charge in [-0.2, -0.15) is 0 Å². The van der Waals surface area contributed by atoms with Gasteiger partial charge in [-0.15, -0.1) is 0 Å². The third-order valence-electron chi connectivity index (χ3n) is 6.42. The number of methoxy groups -OCH3 is 1. The summed E-state index contributed by atoms with van der Waals surface area (Å²) in [7, 11) is 3.16. The maximum Gasteiger partial charge on any atom is 0.279 e. The molecule has 36 heavy (non-hydrogen) atoms. The van der Waals surface area contributed by atoms with Crippen LogP contribution < -0.4 is 10.2 Å². The van der Waals surface area contributed by atoms with Crippen molar-refractivity contribution in [3.8, 4) is 11.4 Å². The first kappa shape index (κ1) is 23.6. The van der Waals surface area contributed by atoms with Gasteiger partial charge in [0, 0.05) is 18.3 Å². The number of benzene rings is 2. The van der Waals surface area contributed by atoms with Gasteiger partial charge in [0.1, 0.15) is 17.3 Å². The maximum atomic E-state index is 13.7. The predicted octanol–water partition coefficient (Wildman–Crippen LogP) is 4.67. The number of ether oxygens (including phenoxy) is 1. The Morgan fingerprint density at radius 3 is 2.72 bits per heavy atom. The zero-order valence-electron chi connectivity index (χ0n) is 20.5. The van der Waals surface area contributed by atoms with Gasteiger partial charge < -0.3 is 19.0 Å². The Balaban J connectivity index is 1.50. The van der Waals surface area contributed by atoms with Gasteiger partial charge in [0.15, 0.2) is 5.84 Å². The number of imidazole rings is 1. The van der Waals surface area contributed by atoms with E-state index in [0.29, 0.717) is 23.6 Å². The summed E-state index contributed by atoms with van der Waals surface area (Å²) >= 11 is 0. The summed E-state index contributed by atoms with van der Waals surface area (Å²) in [5.74, 6) is 1.11. The summed E-state index contributed by atoms with van der Waals surface area (Å²) in [5.41, 5.74) is 6.60. The van der Waals surface area contributed by atoms with E-state index in [1.54, 1.807) is 25.6 Å². The van der Waals surface area contributed by atoms with E-state index in [-0.39, 0.29) is 5.82 Å². The van der Waals surface area contributed by atoms with Crippen LogP contribution in [0.5, 0.6) is 5.75 Å². The van der Waals surface area contributed by atoms with Crippen LogP contribution in [-0.2, 0) is 15.4 Å². The van der Waals surface area contributed by atoms with E-state index in [1.807, 2.05) is 40.8 Å².